The Bertz CT molecular complexity index is 902. The van der Waals surface area contributed by atoms with Gasteiger partial charge in [-0.25, -0.2) is 4.68 Å². The van der Waals surface area contributed by atoms with Crippen LogP contribution in [0.2, 0.25) is 0 Å². The summed E-state index contributed by atoms with van der Waals surface area (Å²) in [5.74, 6) is 0.941. The number of amides is 1. The Balaban J connectivity index is 1.54. The van der Waals surface area contributed by atoms with Crippen molar-refractivity contribution >= 4 is 17.5 Å². The van der Waals surface area contributed by atoms with Crippen LogP contribution in [0.15, 0.2) is 66.9 Å². The normalized spacial score (nSPS) is 10.4. The zero-order chi connectivity index (χ0) is 19.1. The molecule has 0 aliphatic rings. The van der Waals surface area contributed by atoms with Crippen molar-refractivity contribution in [2.75, 3.05) is 11.9 Å². The van der Waals surface area contributed by atoms with Crippen molar-refractivity contribution in [3.63, 3.8) is 0 Å². The lowest BCUT2D eigenvalue weighted by Gasteiger charge is -2.10. The highest BCUT2D eigenvalue weighted by atomic mass is 16.5. The highest BCUT2D eigenvalue weighted by Gasteiger charge is 2.09. The average molecular weight is 363 g/mol. The van der Waals surface area contributed by atoms with Gasteiger partial charge in [-0.05, 0) is 29.8 Å². The van der Waals surface area contributed by atoms with Gasteiger partial charge in [0.15, 0.2) is 12.4 Å². The number of carbonyl (C=O) groups excluding carboxylic acids is 2. The lowest BCUT2D eigenvalue weighted by Crippen LogP contribution is -2.22. The number of nitrogens with zero attached hydrogens (tertiary/aromatic N) is 2. The minimum Gasteiger partial charge on any atom is -0.484 e. The Morgan fingerprint density at radius 3 is 2.48 bits per heavy atom. The van der Waals surface area contributed by atoms with Crippen molar-refractivity contribution in [2.24, 2.45) is 0 Å². The maximum atomic E-state index is 12.2. The summed E-state index contributed by atoms with van der Waals surface area (Å²) in [4.78, 5) is 23.8. The number of Topliss-reactive ketones (excluding diaryl/α,β-unsaturated/α-hetero) is 1. The lowest BCUT2D eigenvalue weighted by molar-refractivity contribution is -0.118. The summed E-state index contributed by atoms with van der Waals surface area (Å²) >= 11 is 0. The summed E-state index contributed by atoms with van der Waals surface area (Å²) in [6.07, 6.45) is 2.10. The highest BCUT2D eigenvalue weighted by molar-refractivity contribution is 5.96. The molecule has 1 aromatic heterocycles. The molecule has 2 aromatic carbocycles. The molecule has 0 saturated carbocycles. The predicted octanol–water partition coefficient (Wildman–Crippen LogP) is 3.54. The van der Waals surface area contributed by atoms with E-state index < -0.39 is 0 Å². The van der Waals surface area contributed by atoms with Crippen molar-refractivity contribution < 1.29 is 14.3 Å². The number of benzene rings is 2. The fraction of sp³-hybridized carbons (Fsp3) is 0.190. The second-order valence-corrected chi connectivity index (χ2v) is 6.00. The summed E-state index contributed by atoms with van der Waals surface area (Å²) in [7, 11) is 0. The van der Waals surface area contributed by atoms with Gasteiger partial charge in [-0.2, -0.15) is 5.10 Å². The van der Waals surface area contributed by atoms with Crippen LogP contribution in [0.25, 0.3) is 0 Å². The van der Waals surface area contributed by atoms with Gasteiger partial charge in [0.1, 0.15) is 11.6 Å². The summed E-state index contributed by atoms with van der Waals surface area (Å²) in [5.41, 5.74) is 1.73. The maximum absolute atomic E-state index is 12.2. The molecule has 6 heteroatoms. The smallest absolute Gasteiger partial charge is 0.263 e. The van der Waals surface area contributed by atoms with Crippen molar-refractivity contribution in [3.8, 4) is 5.75 Å². The van der Waals surface area contributed by atoms with Crippen LogP contribution in [0.5, 0.6) is 5.75 Å². The number of aromatic nitrogens is 2. The SMILES string of the molecule is CCC(=O)c1ccc(OCC(=O)Nc2ccnn2Cc2ccccc2)cc1. The number of ketones is 1. The number of ether oxygens (including phenoxy) is 1. The zero-order valence-electron chi connectivity index (χ0n) is 15.1. The highest BCUT2D eigenvalue weighted by Crippen LogP contribution is 2.14. The van der Waals surface area contributed by atoms with Gasteiger partial charge in [0.05, 0.1) is 12.7 Å². The van der Waals surface area contributed by atoms with E-state index in [2.05, 4.69) is 10.4 Å². The number of rotatable bonds is 8. The number of nitrogens with one attached hydrogen (secondary N) is 1. The van der Waals surface area contributed by atoms with E-state index in [1.54, 1.807) is 41.2 Å². The van der Waals surface area contributed by atoms with E-state index in [0.717, 1.165) is 5.56 Å². The first-order valence-electron chi connectivity index (χ1n) is 8.77. The molecule has 0 fully saturated rings. The molecule has 0 radical (unpaired) electrons. The summed E-state index contributed by atoms with van der Waals surface area (Å²) < 4.78 is 7.21. The summed E-state index contributed by atoms with van der Waals surface area (Å²) in [6.45, 7) is 2.26. The third kappa shape index (κ3) is 5.04. The second-order valence-electron chi connectivity index (χ2n) is 6.00. The van der Waals surface area contributed by atoms with Crippen LogP contribution in [0.1, 0.15) is 29.3 Å². The van der Waals surface area contributed by atoms with E-state index in [-0.39, 0.29) is 18.3 Å². The first kappa shape index (κ1) is 18.4. The molecule has 3 rings (SSSR count). The third-order valence-electron chi connectivity index (χ3n) is 4.03. The Labute approximate surface area is 157 Å². The van der Waals surface area contributed by atoms with E-state index in [9.17, 15) is 9.59 Å². The van der Waals surface area contributed by atoms with Gasteiger partial charge in [-0.15, -0.1) is 0 Å². The second kappa shape index (κ2) is 8.80. The molecule has 0 bridgehead atoms. The van der Waals surface area contributed by atoms with Gasteiger partial charge in [-0.1, -0.05) is 37.3 Å². The molecule has 1 amide bonds. The number of carbonyl (C=O) groups is 2. The standard InChI is InChI=1S/C21H21N3O3/c1-2-19(25)17-8-10-18(11-9-17)27-15-21(26)23-20-12-13-22-24(20)14-16-6-4-3-5-7-16/h3-13H,2,14-15H2,1H3,(H,23,26). The fourth-order valence-corrected chi connectivity index (χ4v) is 2.59. The Hall–Kier alpha value is -3.41. The molecule has 3 aromatic rings. The summed E-state index contributed by atoms with van der Waals surface area (Å²) in [6, 6.07) is 18.4. The molecule has 0 aliphatic carbocycles. The van der Waals surface area contributed by atoms with Gasteiger partial charge in [0.2, 0.25) is 0 Å². The van der Waals surface area contributed by atoms with E-state index in [1.165, 1.54) is 0 Å². The quantitative estimate of drug-likeness (QED) is 0.621. The average Bonchev–Trinajstić information content (AvgIpc) is 3.13. The van der Waals surface area contributed by atoms with Crippen LogP contribution in [0, 0.1) is 0 Å². The predicted molar refractivity (Wildman–Crippen MR) is 103 cm³/mol. The van der Waals surface area contributed by atoms with Crippen LogP contribution < -0.4 is 10.1 Å². The van der Waals surface area contributed by atoms with Crippen molar-refractivity contribution in [3.05, 3.63) is 78.0 Å². The minimum atomic E-state index is -0.279. The molecule has 1 N–H and O–H groups in total. The molecule has 0 saturated heterocycles. The maximum Gasteiger partial charge on any atom is 0.263 e. The topological polar surface area (TPSA) is 73.2 Å². The molecule has 138 valence electrons. The largest absolute Gasteiger partial charge is 0.484 e. The lowest BCUT2D eigenvalue weighted by atomic mass is 10.1. The van der Waals surface area contributed by atoms with Crippen molar-refractivity contribution in [2.45, 2.75) is 19.9 Å². The number of hydrogen-bond donors (Lipinski definition) is 1. The van der Waals surface area contributed by atoms with E-state index in [1.807, 2.05) is 37.3 Å². The monoisotopic (exact) mass is 363 g/mol. The van der Waals surface area contributed by atoms with Crippen molar-refractivity contribution in [1.82, 2.24) is 9.78 Å². The molecule has 27 heavy (non-hydrogen) atoms. The molecule has 6 nitrogen and oxygen atoms in total. The van der Waals surface area contributed by atoms with Crippen LogP contribution >= 0.6 is 0 Å². The number of hydrogen-bond acceptors (Lipinski definition) is 4. The van der Waals surface area contributed by atoms with E-state index >= 15 is 0 Å². The molecular formula is C21H21N3O3. The van der Waals surface area contributed by atoms with Gasteiger partial charge in [0, 0.05) is 18.1 Å². The Morgan fingerprint density at radius 1 is 1.04 bits per heavy atom. The van der Waals surface area contributed by atoms with E-state index in [4.69, 9.17) is 4.74 Å². The van der Waals surface area contributed by atoms with Gasteiger partial charge in [-0.3, -0.25) is 9.59 Å². The molecule has 0 unspecified atom stereocenters. The molecule has 1 heterocycles. The molecule has 0 aliphatic heterocycles. The van der Waals surface area contributed by atoms with Gasteiger partial charge in [0.25, 0.3) is 5.91 Å². The molecule has 0 atom stereocenters. The van der Waals surface area contributed by atoms with Crippen LogP contribution in [-0.4, -0.2) is 28.1 Å². The minimum absolute atomic E-state index is 0.0750. The number of anilines is 1. The Morgan fingerprint density at radius 2 is 1.78 bits per heavy atom. The molecular weight excluding hydrogens is 342 g/mol. The summed E-state index contributed by atoms with van der Waals surface area (Å²) in [5, 5.41) is 7.05. The Kier molecular flexibility index (Phi) is 5.99. The van der Waals surface area contributed by atoms with Gasteiger partial charge < -0.3 is 10.1 Å². The van der Waals surface area contributed by atoms with Crippen LogP contribution in [-0.2, 0) is 11.3 Å². The molecule has 0 spiro atoms. The first-order chi connectivity index (χ1) is 13.2. The zero-order valence-corrected chi connectivity index (χ0v) is 15.1. The van der Waals surface area contributed by atoms with E-state index in [0.29, 0.717) is 30.1 Å². The van der Waals surface area contributed by atoms with Gasteiger partial charge >= 0.3 is 0 Å². The van der Waals surface area contributed by atoms with Crippen molar-refractivity contribution in [1.29, 1.82) is 0 Å². The van der Waals surface area contributed by atoms with Crippen LogP contribution in [0.4, 0.5) is 5.82 Å². The first-order valence-corrected chi connectivity index (χ1v) is 8.77. The third-order valence-corrected chi connectivity index (χ3v) is 4.03. The van der Waals surface area contributed by atoms with Crippen LogP contribution in [0.3, 0.4) is 0 Å². The fourth-order valence-electron chi connectivity index (χ4n) is 2.59.